The summed E-state index contributed by atoms with van der Waals surface area (Å²) in [5, 5.41) is 3.46. The van der Waals surface area contributed by atoms with Gasteiger partial charge in [0.15, 0.2) is 5.82 Å². The Labute approximate surface area is 151 Å². The van der Waals surface area contributed by atoms with Gasteiger partial charge in [-0.15, -0.1) is 0 Å². The molecule has 1 aromatic carbocycles. The second kappa shape index (κ2) is 8.30. The van der Waals surface area contributed by atoms with Gasteiger partial charge in [-0.2, -0.15) is 0 Å². The van der Waals surface area contributed by atoms with Crippen LogP contribution in [-0.2, 0) is 0 Å². The second-order valence-corrected chi connectivity index (χ2v) is 7.22. The van der Waals surface area contributed by atoms with Gasteiger partial charge in [0.25, 0.3) is 0 Å². The van der Waals surface area contributed by atoms with E-state index in [1.807, 2.05) is 18.2 Å². The monoisotopic (exact) mass is 339 g/mol. The van der Waals surface area contributed by atoms with Crippen molar-refractivity contribution in [2.45, 2.75) is 19.8 Å². The Balaban J connectivity index is 1.87. The van der Waals surface area contributed by atoms with Crippen molar-refractivity contribution in [3.63, 3.8) is 0 Å². The van der Waals surface area contributed by atoms with Crippen molar-refractivity contribution in [2.24, 2.45) is 5.92 Å². The molecule has 1 saturated heterocycles. The molecule has 0 radical (unpaired) electrons. The SMILES string of the molecule is CC1CCCN(c2cc(NCCN(C)C)nc(-c3ccccc3)n2)C1. The summed E-state index contributed by atoms with van der Waals surface area (Å²) in [7, 11) is 4.16. The quantitative estimate of drug-likeness (QED) is 0.874. The van der Waals surface area contributed by atoms with Gasteiger partial charge >= 0.3 is 0 Å². The van der Waals surface area contributed by atoms with Gasteiger partial charge in [-0.3, -0.25) is 0 Å². The van der Waals surface area contributed by atoms with E-state index in [0.717, 1.165) is 49.2 Å². The maximum absolute atomic E-state index is 4.87. The predicted octanol–water partition coefficient (Wildman–Crippen LogP) is 3.35. The molecule has 1 aromatic heterocycles. The first-order valence-electron chi connectivity index (χ1n) is 9.20. The summed E-state index contributed by atoms with van der Waals surface area (Å²) in [6, 6.07) is 12.3. The van der Waals surface area contributed by atoms with E-state index in [0.29, 0.717) is 5.92 Å². The molecule has 0 aliphatic carbocycles. The van der Waals surface area contributed by atoms with Gasteiger partial charge in [0, 0.05) is 37.8 Å². The molecule has 1 atom stereocenters. The lowest BCUT2D eigenvalue weighted by Gasteiger charge is -2.32. The number of hydrogen-bond acceptors (Lipinski definition) is 5. The molecule has 1 aliphatic heterocycles. The summed E-state index contributed by atoms with van der Waals surface area (Å²) >= 11 is 0. The number of nitrogens with zero attached hydrogens (tertiary/aromatic N) is 4. The van der Waals surface area contributed by atoms with Gasteiger partial charge in [-0.1, -0.05) is 37.3 Å². The molecule has 25 heavy (non-hydrogen) atoms. The Bertz CT molecular complexity index is 671. The number of anilines is 2. The molecule has 0 bridgehead atoms. The Kier molecular flexibility index (Phi) is 5.87. The lowest BCUT2D eigenvalue weighted by Crippen LogP contribution is -2.35. The minimum Gasteiger partial charge on any atom is -0.369 e. The maximum Gasteiger partial charge on any atom is 0.163 e. The van der Waals surface area contributed by atoms with Crippen molar-refractivity contribution >= 4 is 11.6 Å². The van der Waals surface area contributed by atoms with E-state index in [-0.39, 0.29) is 0 Å². The molecule has 2 aromatic rings. The minimum absolute atomic E-state index is 0.717. The molecular weight excluding hydrogens is 310 g/mol. The molecule has 5 heteroatoms. The Morgan fingerprint density at radius 3 is 2.72 bits per heavy atom. The third-order valence-electron chi connectivity index (χ3n) is 4.59. The lowest BCUT2D eigenvalue weighted by atomic mass is 10.0. The zero-order chi connectivity index (χ0) is 17.6. The fourth-order valence-corrected chi connectivity index (χ4v) is 3.21. The fraction of sp³-hybridized carbons (Fsp3) is 0.500. The highest BCUT2D eigenvalue weighted by molar-refractivity contribution is 5.61. The molecule has 134 valence electrons. The van der Waals surface area contributed by atoms with Crippen LogP contribution in [0.25, 0.3) is 11.4 Å². The van der Waals surface area contributed by atoms with E-state index in [1.165, 1.54) is 12.8 Å². The highest BCUT2D eigenvalue weighted by Crippen LogP contribution is 2.26. The highest BCUT2D eigenvalue weighted by Gasteiger charge is 2.19. The summed E-state index contributed by atoms with van der Waals surface area (Å²) in [6.07, 6.45) is 2.54. The Hall–Kier alpha value is -2.14. The number of piperidine rings is 1. The highest BCUT2D eigenvalue weighted by atomic mass is 15.2. The van der Waals surface area contributed by atoms with Crippen LogP contribution < -0.4 is 10.2 Å². The number of aromatic nitrogens is 2. The molecule has 0 saturated carbocycles. The van der Waals surface area contributed by atoms with E-state index in [1.54, 1.807) is 0 Å². The number of rotatable bonds is 6. The van der Waals surface area contributed by atoms with Crippen LogP contribution in [0.2, 0.25) is 0 Å². The zero-order valence-electron chi connectivity index (χ0n) is 15.6. The molecule has 1 aliphatic rings. The second-order valence-electron chi connectivity index (χ2n) is 7.22. The van der Waals surface area contributed by atoms with Crippen LogP contribution in [0.3, 0.4) is 0 Å². The van der Waals surface area contributed by atoms with E-state index in [9.17, 15) is 0 Å². The first-order valence-corrected chi connectivity index (χ1v) is 9.20. The third-order valence-corrected chi connectivity index (χ3v) is 4.59. The standard InChI is InChI=1S/C20H29N5/c1-16-8-7-12-25(15-16)19-14-18(21-11-13-24(2)3)22-20(23-19)17-9-5-4-6-10-17/h4-6,9-10,14,16H,7-8,11-13,15H2,1-3H3,(H,21,22,23). The molecule has 2 heterocycles. The topological polar surface area (TPSA) is 44.3 Å². The van der Waals surface area contributed by atoms with E-state index < -0.39 is 0 Å². The average molecular weight is 339 g/mol. The van der Waals surface area contributed by atoms with Crippen LogP contribution >= 0.6 is 0 Å². The summed E-state index contributed by atoms with van der Waals surface area (Å²) in [4.78, 5) is 14.2. The van der Waals surface area contributed by atoms with Crippen LogP contribution in [0, 0.1) is 5.92 Å². The van der Waals surface area contributed by atoms with E-state index in [2.05, 4.69) is 54.3 Å². The zero-order valence-corrected chi connectivity index (χ0v) is 15.6. The van der Waals surface area contributed by atoms with Crippen molar-refractivity contribution in [3.05, 3.63) is 36.4 Å². The van der Waals surface area contributed by atoms with Crippen LogP contribution in [0.4, 0.5) is 11.6 Å². The van der Waals surface area contributed by atoms with Crippen molar-refractivity contribution in [1.82, 2.24) is 14.9 Å². The van der Waals surface area contributed by atoms with Crippen molar-refractivity contribution in [1.29, 1.82) is 0 Å². The van der Waals surface area contributed by atoms with Gasteiger partial charge < -0.3 is 15.1 Å². The van der Waals surface area contributed by atoms with Gasteiger partial charge in [-0.05, 0) is 32.9 Å². The Morgan fingerprint density at radius 2 is 2.00 bits per heavy atom. The molecule has 1 unspecified atom stereocenters. The Morgan fingerprint density at radius 1 is 1.20 bits per heavy atom. The summed E-state index contributed by atoms with van der Waals surface area (Å²) in [5.41, 5.74) is 1.06. The maximum atomic E-state index is 4.87. The number of benzene rings is 1. The van der Waals surface area contributed by atoms with Crippen molar-refractivity contribution in [2.75, 3.05) is 50.5 Å². The smallest absolute Gasteiger partial charge is 0.163 e. The normalized spacial score (nSPS) is 17.8. The molecule has 1 fully saturated rings. The third kappa shape index (κ3) is 4.92. The number of nitrogens with one attached hydrogen (secondary N) is 1. The van der Waals surface area contributed by atoms with Gasteiger partial charge in [0.05, 0.1) is 0 Å². The van der Waals surface area contributed by atoms with Crippen molar-refractivity contribution < 1.29 is 0 Å². The predicted molar refractivity (Wildman–Crippen MR) is 105 cm³/mol. The molecule has 0 amide bonds. The fourth-order valence-electron chi connectivity index (χ4n) is 3.21. The largest absolute Gasteiger partial charge is 0.369 e. The van der Waals surface area contributed by atoms with Crippen molar-refractivity contribution in [3.8, 4) is 11.4 Å². The summed E-state index contributed by atoms with van der Waals surface area (Å²) in [6.45, 7) is 6.31. The van der Waals surface area contributed by atoms with E-state index in [4.69, 9.17) is 9.97 Å². The lowest BCUT2D eigenvalue weighted by molar-refractivity contribution is 0.425. The molecular formula is C20H29N5. The van der Waals surface area contributed by atoms with Crippen LogP contribution in [-0.4, -0.2) is 55.1 Å². The van der Waals surface area contributed by atoms with Crippen LogP contribution in [0.5, 0.6) is 0 Å². The summed E-state index contributed by atoms with van der Waals surface area (Å²) in [5.74, 6) is 3.45. The number of likely N-dealkylation sites (N-methyl/N-ethyl adjacent to an activating group) is 1. The van der Waals surface area contributed by atoms with E-state index >= 15 is 0 Å². The summed E-state index contributed by atoms with van der Waals surface area (Å²) < 4.78 is 0. The molecule has 5 nitrogen and oxygen atoms in total. The molecule has 0 spiro atoms. The first kappa shape index (κ1) is 17.7. The van der Waals surface area contributed by atoms with Gasteiger partial charge in [0.2, 0.25) is 0 Å². The first-order chi connectivity index (χ1) is 12.1. The van der Waals surface area contributed by atoms with Gasteiger partial charge in [-0.25, -0.2) is 9.97 Å². The molecule has 3 rings (SSSR count). The van der Waals surface area contributed by atoms with Gasteiger partial charge in [0.1, 0.15) is 11.6 Å². The van der Waals surface area contributed by atoms with Crippen LogP contribution in [0.15, 0.2) is 36.4 Å². The molecule has 1 N–H and O–H groups in total. The van der Waals surface area contributed by atoms with Crippen LogP contribution in [0.1, 0.15) is 19.8 Å². The average Bonchev–Trinajstić information content (AvgIpc) is 2.62. The minimum atomic E-state index is 0.717. The number of hydrogen-bond donors (Lipinski definition) is 1.